The third kappa shape index (κ3) is 2.55. The van der Waals surface area contributed by atoms with Crippen LogP contribution in [0.3, 0.4) is 0 Å². The Hall–Kier alpha value is -2.70. The molecule has 0 fully saturated rings. The molecular weight excluding hydrogens is 320 g/mol. The molecule has 0 saturated heterocycles. The summed E-state index contributed by atoms with van der Waals surface area (Å²) in [6.07, 6.45) is 8.87. The van der Waals surface area contributed by atoms with Gasteiger partial charge in [-0.1, -0.05) is 0 Å². The maximum Gasteiger partial charge on any atom is 0.234 e. The summed E-state index contributed by atoms with van der Waals surface area (Å²) in [5.74, 6) is 0.641. The molecule has 1 unspecified atom stereocenters. The van der Waals surface area contributed by atoms with E-state index >= 15 is 0 Å². The Bertz CT molecular complexity index is 981. The third-order valence-electron chi connectivity index (χ3n) is 3.82. The van der Waals surface area contributed by atoms with Crippen molar-refractivity contribution in [1.29, 1.82) is 0 Å². The maximum absolute atomic E-state index is 11.6. The van der Waals surface area contributed by atoms with Crippen LogP contribution in [0.5, 0.6) is 0 Å². The minimum atomic E-state index is -0.996. The van der Waals surface area contributed by atoms with E-state index in [-0.39, 0.29) is 0 Å². The van der Waals surface area contributed by atoms with Gasteiger partial charge in [-0.3, -0.25) is 9.38 Å². The monoisotopic (exact) mass is 334 g/mol. The van der Waals surface area contributed by atoms with Crippen LogP contribution in [0, 0.1) is 0 Å². The number of rotatable bonds is 3. The van der Waals surface area contributed by atoms with Gasteiger partial charge in [0, 0.05) is 35.9 Å². The number of pyridine rings is 1. The van der Waals surface area contributed by atoms with Crippen molar-refractivity contribution in [3.05, 3.63) is 67.3 Å². The van der Waals surface area contributed by atoms with Crippen LogP contribution in [0.1, 0.15) is 0 Å². The highest BCUT2D eigenvalue weighted by atomic mass is 32.2. The fourth-order valence-corrected chi connectivity index (χ4v) is 3.20. The second-order valence-electron chi connectivity index (χ2n) is 5.31. The molecule has 0 aliphatic heterocycles. The Morgan fingerprint density at radius 3 is 2.42 bits per heavy atom. The summed E-state index contributed by atoms with van der Waals surface area (Å²) in [6.45, 7) is 0. The lowest BCUT2D eigenvalue weighted by molar-refractivity contribution is 0.601. The smallest absolute Gasteiger partial charge is 0.234 e. The van der Waals surface area contributed by atoms with E-state index in [4.69, 9.17) is 0 Å². The number of imidazole rings is 1. The van der Waals surface area contributed by atoms with Crippen molar-refractivity contribution < 1.29 is 4.55 Å². The summed E-state index contributed by atoms with van der Waals surface area (Å²) >= 11 is -0.996. The summed E-state index contributed by atoms with van der Waals surface area (Å²) < 4.78 is 13.6. The van der Waals surface area contributed by atoms with Crippen LogP contribution in [0.4, 0.5) is 0 Å². The number of hydrogen-bond donors (Lipinski definition) is 0. The van der Waals surface area contributed by atoms with Crippen molar-refractivity contribution in [3.8, 4) is 22.5 Å². The van der Waals surface area contributed by atoms with Crippen molar-refractivity contribution in [3.63, 3.8) is 0 Å². The number of aromatic nitrogens is 4. The molecule has 24 heavy (non-hydrogen) atoms. The first-order chi connectivity index (χ1) is 11.7. The maximum atomic E-state index is 11.6. The Kier molecular flexibility index (Phi) is 3.76. The molecule has 0 bridgehead atoms. The minimum absolute atomic E-state index is 0.641. The second-order valence-corrected chi connectivity index (χ2v) is 6.69. The molecule has 5 nitrogen and oxygen atoms in total. The van der Waals surface area contributed by atoms with E-state index in [0.29, 0.717) is 5.78 Å². The molecule has 118 valence electrons. The average molecular weight is 334 g/mol. The highest BCUT2D eigenvalue weighted by molar-refractivity contribution is 7.90. The minimum Gasteiger partial charge on any atom is -0.612 e. The number of nitrogens with zero attached hydrogens (tertiary/aromatic N) is 4. The summed E-state index contributed by atoms with van der Waals surface area (Å²) in [5.41, 5.74) is 3.78. The Morgan fingerprint density at radius 2 is 1.71 bits per heavy atom. The number of hydrogen-bond acceptors (Lipinski definition) is 4. The first kappa shape index (κ1) is 14.9. The van der Waals surface area contributed by atoms with Crippen LogP contribution in [0.2, 0.25) is 0 Å². The summed E-state index contributed by atoms with van der Waals surface area (Å²) in [7, 11) is 0. The van der Waals surface area contributed by atoms with Crippen LogP contribution in [-0.2, 0) is 11.2 Å². The average Bonchev–Trinajstić information content (AvgIpc) is 3.02. The van der Waals surface area contributed by atoms with E-state index in [9.17, 15) is 4.55 Å². The largest absolute Gasteiger partial charge is 0.612 e. The molecule has 0 amide bonds. The van der Waals surface area contributed by atoms with Crippen LogP contribution in [0.15, 0.2) is 72.1 Å². The number of benzene rings is 1. The standard InChI is InChI=1S/C18H14N4OS/c1-24(23)15-5-3-13(4-6-15)16-17(14-7-10-19-11-8-14)22-12-2-9-20-18(22)21-16/h2-12H,1H3. The van der Waals surface area contributed by atoms with Gasteiger partial charge in [0.2, 0.25) is 5.78 Å². The van der Waals surface area contributed by atoms with Gasteiger partial charge in [-0.2, -0.15) is 0 Å². The zero-order valence-electron chi connectivity index (χ0n) is 13.0. The van der Waals surface area contributed by atoms with Crippen LogP contribution >= 0.6 is 0 Å². The lowest BCUT2D eigenvalue weighted by Crippen LogP contribution is -1.96. The Morgan fingerprint density at radius 1 is 0.958 bits per heavy atom. The third-order valence-corrected chi connectivity index (χ3v) is 4.75. The van der Waals surface area contributed by atoms with Crippen LogP contribution in [0.25, 0.3) is 28.3 Å². The fraction of sp³-hybridized carbons (Fsp3) is 0.0556. The summed E-state index contributed by atoms with van der Waals surface area (Å²) in [4.78, 5) is 13.9. The van der Waals surface area contributed by atoms with Gasteiger partial charge in [0.05, 0.1) is 11.4 Å². The van der Waals surface area contributed by atoms with E-state index in [1.54, 1.807) is 24.8 Å². The lowest BCUT2D eigenvalue weighted by Gasteiger charge is -2.07. The van der Waals surface area contributed by atoms with E-state index in [1.807, 2.05) is 53.1 Å². The second kappa shape index (κ2) is 6.07. The molecule has 0 radical (unpaired) electrons. The zero-order chi connectivity index (χ0) is 16.5. The van der Waals surface area contributed by atoms with Crippen molar-refractivity contribution in [1.82, 2.24) is 19.4 Å². The molecule has 0 spiro atoms. The molecule has 4 rings (SSSR count). The highest BCUT2D eigenvalue weighted by Crippen LogP contribution is 2.32. The van der Waals surface area contributed by atoms with Gasteiger partial charge < -0.3 is 4.55 Å². The topological polar surface area (TPSA) is 66.1 Å². The van der Waals surface area contributed by atoms with Gasteiger partial charge in [-0.15, -0.1) is 0 Å². The first-order valence-corrected chi connectivity index (χ1v) is 8.97. The van der Waals surface area contributed by atoms with E-state index in [2.05, 4.69) is 15.0 Å². The fourth-order valence-electron chi connectivity index (χ4n) is 2.68. The molecule has 1 aromatic carbocycles. The van der Waals surface area contributed by atoms with E-state index in [1.165, 1.54) is 0 Å². The van der Waals surface area contributed by atoms with Crippen LogP contribution in [-0.4, -0.2) is 30.2 Å². The molecule has 0 saturated carbocycles. The first-order valence-electron chi connectivity index (χ1n) is 7.41. The number of fused-ring (bicyclic) bond motifs is 1. The molecule has 6 heteroatoms. The zero-order valence-corrected chi connectivity index (χ0v) is 13.8. The molecule has 0 aliphatic rings. The molecule has 0 N–H and O–H groups in total. The predicted octanol–water partition coefficient (Wildman–Crippen LogP) is 3.20. The van der Waals surface area contributed by atoms with Crippen LogP contribution < -0.4 is 0 Å². The van der Waals surface area contributed by atoms with Crippen molar-refractivity contribution >= 4 is 17.0 Å². The quantitative estimate of drug-likeness (QED) is 0.540. The molecule has 1 atom stereocenters. The van der Waals surface area contributed by atoms with Crippen molar-refractivity contribution in [2.45, 2.75) is 4.90 Å². The Balaban J connectivity index is 1.95. The van der Waals surface area contributed by atoms with E-state index in [0.717, 1.165) is 27.4 Å². The normalized spacial score (nSPS) is 12.4. The molecule has 0 aliphatic carbocycles. The SMILES string of the molecule is C[S+]([O-])c1ccc(-c2nc3ncccn3c2-c2ccncc2)cc1. The van der Waals surface area contributed by atoms with E-state index < -0.39 is 11.2 Å². The van der Waals surface area contributed by atoms with Gasteiger partial charge in [-0.25, -0.2) is 9.97 Å². The molecule has 4 aromatic rings. The Labute approximate surface area is 142 Å². The van der Waals surface area contributed by atoms with Gasteiger partial charge in [-0.05, 0) is 53.6 Å². The summed E-state index contributed by atoms with van der Waals surface area (Å²) in [5, 5.41) is 0. The predicted molar refractivity (Wildman–Crippen MR) is 94.0 cm³/mol. The van der Waals surface area contributed by atoms with Crippen molar-refractivity contribution in [2.75, 3.05) is 6.26 Å². The summed E-state index contributed by atoms with van der Waals surface area (Å²) in [6, 6.07) is 13.4. The van der Waals surface area contributed by atoms with Gasteiger partial charge in [0.15, 0.2) is 4.90 Å². The molecule has 3 aromatic heterocycles. The van der Waals surface area contributed by atoms with Gasteiger partial charge in [0.1, 0.15) is 6.26 Å². The molecular formula is C18H14N4OS. The lowest BCUT2D eigenvalue weighted by atomic mass is 10.1. The van der Waals surface area contributed by atoms with Gasteiger partial charge >= 0.3 is 0 Å². The highest BCUT2D eigenvalue weighted by Gasteiger charge is 2.17. The van der Waals surface area contributed by atoms with Crippen molar-refractivity contribution in [2.24, 2.45) is 0 Å². The molecule has 3 heterocycles. The van der Waals surface area contributed by atoms with Gasteiger partial charge in [0.25, 0.3) is 0 Å².